The molecule has 0 aromatic heterocycles. The van der Waals surface area contributed by atoms with Crippen molar-refractivity contribution >= 4 is 214 Å². The quantitative estimate of drug-likeness (QED) is 0.0248. The first-order valence-corrected chi connectivity index (χ1v) is 106. The van der Waals surface area contributed by atoms with Gasteiger partial charge in [-0.2, -0.15) is 13.8 Å². The molecule has 0 N–H and O–H groups in total. The van der Waals surface area contributed by atoms with E-state index in [0.717, 1.165) is 0 Å². The predicted molar refractivity (Wildman–Crippen MR) is 578 cm³/mol. The van der Waals surface area contributed by atoms with Gasteiger partial charge in [0, 0.05) is 204 Å². The van der Waals surface area contributed by atoms with Gasteiger partial charge in [0.25, 0.3) is 0 Å². The van der Waals surface area contributed by atoms with E-state index in [9.17, 15) is 0 Å². The van der Waals surface area contributed by atoms with Gasteiger partial charge >= 0.3 is 143 Å². The summed E-state index contributed by atoms with van der Waals surface area (Å²) in [4.78, 5) is 0. The molecule has 0 amide bonds. The van der Waals surface area contributed by atoms with Gasteiger partial charge in [-0.25, -0.2) is 0 Å². The molecule has 0 aromatic rings. The minimum absolute atomic E-state index is 0. The van der Waals surface area contributed by atoms with Gasteiger partial charge in [0.1, 0.15) is 0 Å². The molecule has 0 saturated heterocycles. The zero-order valence-electron chi connectivity index (χ0n) is 77.4. The van der Waals surface area contributed by atoms with Crippen LogP contribution in [0.2, 0.25) is 205 Å². The standard InChI is InChI=1S/8C9H22Si.2C2H5.4CH3.2I3.2I2.2W.2Y/c8*1-5-6-7-8-9-10(2,3)4;2*1-2;;;;;2*1-3-2;2*1-2;;;;/h8*5-9H2,1-4H3;2*1H2,2H3;4*1H3;;;;;;;;/q;;;;;;;;8*-1;;;2*+2;;. The van der Waals surface area contributed by atoms with Crippen LogP contribution in [0.4, 0.5) is 0 Å². The van der Waals surface area contributed by atoms with Crippen molar-refractivity contribution in [2.24, 2.45) is 0 Å². The van der Waals surface area contributed by atoms with Gasteiger partial charge < -0.3 is 43.6 Å². The fraction of sp³-hybridized carbons (Fsp3) is 0.925. The Morgan fingerprint density at radius 2 is 0.245 bits per heavy atom. The first kappa shape index (κ1) is 172. The molecule has 22 heteroatoms. The Hall–Kier alpha value is 12.6. The Labute approximate surface area is 854 Å². The van der Waals surface area contributed by atoms with Crippen molar-refractivity contribution in [3.8, 4) is 0 Å². The Balaban J connectivity index is -0.0000000345. The number of hydrogen-bond acceptors (Lipinski definition) is 0. The van der Waals surface area contributed by atoms with Crippen molar-refractivity contribution in [1.82, 2.24) is 0 Å². The molecule has 0 aromatic carbocycles. The van der Waals surface area contributed by atoms with E-state index in [1.54, 1.807) is 13.8 Å². The third-order valence-corrected chi connectivity index (χ3v) is 29.1. The van der Waals surface area contributed by atoms with E-state index in [1.165, 1.54) is 254 Å². The number of halogens is 10. The van der Waals surface area contributed by atoms with Crippen LogP contribution in [0.25, 0.3) is 0 Å². The Bertz CT molecular complexity index is 940. The van der Waals surface area contributed by atoms with E-state index in [0.29, 0.717) is 26.5 Å². The monoisotopic (exact) mass is 3200 g/mol. The maximum absolute atomic E-state index is 3.25. The third-order valence-electron chi connectivity index (χ3n) is 14.2. The largest absolute Gasteiger partial charge is 2.00 e. The van der Waals surface area contributed by atoms with Crippen LogP contribution in [0.1, 0.15) is 275 Å². The van der Waals surface area contributed by atoms with Gasteiger partial charge in [0.15, 0.2) is 0 Å². The van der Waals surface area contributed by atoms with Crippen molar-refractivity contribution in [3.63, 3.8) is 0 Å². The van der Waals surface area contributed by atoms with Gasteiger partial charge in [-0.1, -0.05) is 466 Å². The molecule has 0 heterocycles. The van der Waals surface area contributed by atoms with Crippen molar-refractivity contribution in [3.05, 3.63) is 43.6 Å². The Kier molecular flexibility index (Phi) is 231. The average Bonchev–Trinajstić information content (AvgIpc) is 2.27. The zero-order chi connectivity index (χ0) is 77.7. The van der Waals surface area contributed by atoms with E-state index in [-0.39, 0.29) is 137 Å². The second-order valence-electron chi connectivity index (χ2n) is 35.1. The van der Waals surface area contributed by atoms with Gasteiger partial charge in [-0.3, -0.25) is 0 Å². The van der Waals surface area contributed by atoms with Crippen LogP contribution >= 0.6 is 149 Å². The average molecular weight is 3200 g/mol. The molecular formula is C80H198I10Si8W2Y2-4. The van der Waals surface area contributed by atoms with Crippen LogP contribution in [0.3, 0.4) is 0 Å². The molecule has 0 atom stereocenters. The fourth-order valence-electron chi connectivity index (χ4n) is 8.66. The molecule has 0 unspecified atom stereocenters. The van der Waals surface area contributed by atoms with Crippen LogP contribution in [0.15, 0.2) is 0 Å². The molecule has 0 aliphatic carbocycles. The minimum Gasteiger partial charge on any atom is -0.358 e. The minimum atomic E-state index is -0.707. The summed E-state index contributed by atoms with van der Waals surface area (Å²) in [5, 5.41) is 0. The molecule has 0 nitrogen and oxygen atoms in total. The zero-order valence-corrected chi connectivity index (χ0v) is 119. The number of rotatable bonds is 40. The second kappa shape index (κ2) is 137. The van der Waals surface area contributed by atoms with Gasteiger partial charge in [-0.15, -0.1) is 0 Å². The van der Waals surface area contributed by atoms with E-state index in [4.69, 9.17) is 0 Å². The molecule has 0 spiro atoms. The van der Waals surface area contributed by atoms with Crippen LogP contribution < -0.4 is 26.5 Å². The van der Waals surface area contributed by atoms with Crippen molar-refractivity contribution in [2.45, 2.75) is 480 Å². The summed E-state index contributed by atoms with van der Waals surface area (Å²) in [6.45, 7) is 87.2. The second-order valence-corrected chi connectivity index (χ2v) is 113. The van der Waals surface area contributed by atoms with Crippen LogP contribution in [-0.4, -0.2) is 64.6 Å². The molecule has 0 bridgehead atoms. The van der Waals surface area contributed by atoms with Crippen LogP contribution in [-0.2, 0) is 108 Å². The summed E-state index contributed by atoms with van der Waals surface area (Å²) in [7, 11) is -5.66. The summed E-state index contributed by atoms with van der Waals surface area (Å²) >= 11 is 19.1. The maximum atomic E-state index is 3.25. The molecule has 0 aliphatic rings. The molecule has 0 fully saturated rings. The first-order chi connectivity index (χ1) is 43.3. The third kappa shape index (κ3) is 298. The first-order valence-electron chi connectivity index (χ1n) is 38.8. The number of hydrogen-bond donors (Lipinski definition) is 0. The van der Waals surface area contributed by atoms with Gasteiger partial charge in [0.05, 0.1) is 0 Å². The van der Waals surface area contributed by atoms with Crippen LogP contribution in [0, 0.1) is 43.6 Å². The summed E-state index contributed by atoms with van der Waals surface area (Å²) < 4.78 is 0. The molecule has 0 aliphatic heterocycles. The summed E-state index contributed by atoms with van der Waals surface area (Å²) in [6.07, 6.45) is 45.9. The fourth-order valence-corrected chi connectivity index (χ4v) is 19.1. The Morgan fingerprint density at radius 1 is 0.186 bits per heavy atom. The molecular weight excluding hydrogens is 3000 g/mol. The summed E-state index contributed by atoms with van der Waals surface area (Å²) in [5.41, 5.74) is 0. The molecule has 0 rings (SSSR count). The van der Waals surface area contributed by atoms with E-state index in [2.05, 4.69) is 375 Å². The van der Waals surface area contributed by atoms with Crippen molar-refractivity contribution < 1.29 is 134 Å². The summed E-state index contributed by atoms with van der Waals surface area (Å²) in [5.74, 6) is 0. The normalized spacial score (nSPS) is 10.1. The van der Waals surface area contributed by atoms with E-state index >= 15 is 0 Å². The van der Waals surface area contributed by atoms with Crippen molar-refractivity contribution in [1.29, 1.82) is 0 Å². The smallest absolute Gasteiger partial charge is 0.358 e. The van der Waals surface area contributed by atoms with Gasteiger partial charge in [0.2, 0.25) is 0 Å². The van der Waals surface area contributed by atoms with E-state index in [1.807, 2.05) is 0 Å². The topological polar surface area (TPSA) is 0 Å². The molecule has 642 valence electrons. The van der Waals surface area contributed by atoms with Crippen molar-refractivity contribution in [2.75, 3.05) is 0 Å². The maximum Gasteiger partial charge on any atom is 2.00 e. The Morgan fingerprint density at radius 3 is 0.284 bits per heavy atom. The predicted octanol–water partition coefficient (Wildman–Crippen LogP) is 35.8. The molecule has 102 heavy (non-hydrogen) atoms. The van der Waals surface area contributed by atoms with Gasteiger partial charge in [-0.05, 0) is 0 Å². The molecule has 2 radical (unpaired) electrons. The number of unbranched alkanes of at least 4 members (excludes halogenated alkanes) is 24. The molecule has 0 saturated carbocycles. The SMILES string of the molecule is CCCCCC[Si](C)(C)C.CCCCCC[Si](C)(C)C.CCCCCC[Si](C)(C)C.CCCCCC[Si](C)(C)C.CCCCCC[Si](C)(C)C.CCCCCC[Si](C)(C)C.CCCCCC[Si](C)(C)C.CCCCCC[Si](C)(C)C.II.II.I[I-]I.I[I-]I.[CH2-]C.[CH2-]C.[CH3-].[CH3-].[CH3-].[CH3-].[W+2].[W+2].[Y].[Y]. The van der Waals surface area contributed by atoms with E-state index < -0.39 is 64.6 Å². The summed E-state index contributed by atoms with van der Waals surface area (Å²) in [6, 6.07) is 12.2. The van der Waals surface area contributed by atoms with Crippen LogP contribution in [0.5, 0.6) is 0 Å².